The molecule has 0 aromatic carbocycles. The molecule has 0 fully saturated rings. The Morgan fingerprint density at radius 2 is 2.00 bits per heavy atom. The SMILES string of the molecule is CCCCCCCNCc1ccncc1C. The van der Waals surface area contributed by atoms with Crippen LogP contribution in [-0.4, -0.2) is 11.5 Å². The molecule has 2 nitrogen and oxygen atoms in total. The Hall–Kier alpha value is -0.890. The molecule has 1 heterocycles. The van der Waals surface area contributed by atoms with Crippen molar-refractivity contribution in [1.82, 2.24) is 10.3 Å². The third kappa shape index (κ3) is 5.26. The number of aromatic nitrogens is 1. The summed E-state index contributed by atoms with van der Waals surface area (Å²) in [6.07, 6.45) is 10.5. The van der Waals surface area contributed by atoms with Crippen LogP contribution in [0.4, 0.5) is 0 Å². The van der Waals surface area contributed by atoms with Gasteiger partial charge in [-0.25, -0.2) is 0 Å². The highest BCUT2D eigenvalue weighted by Gasteiger charge is 1.96. The van der Waals surface area contributed by atoms with Crippen molar-refractivity contribution in [2.45, 2.75) is 52.5 Å². The Bertz CT molecular complexity index is 284. The van der Waals surface area contributed by atoms with E-state index in [4.69, 9.17) is 0 Å². The first-order chi connectivity index (χ1) is 7.84. The lowest BCUT2D eigenvalue weighted by Crippen LogP contribution is -2.15. The van der Waals surface area contributed by atoms with E-state index in [0.29, 0.717) is 0 Å². The van der Waals surface area contributed by atoms with Gasteiger partial charge in [0.1, 0.15) is 0 Å². The van der Waals surface area contributed by atoms with Crippen molar-refractivity contribution in [2.75, 3.05) is 6.54 Å². The lowest BCUT2D eigenvalue weighted by Gasteiger charge is -2.06. The van der Waals surface area contributed by atoms with Crippen LogP contribution < -0.4 is 5.32 Å². The van der Waals surface area contributed by atoms with Gasteiger partial charge in [0.15, 0.2) is 0 Å². The van der Waals surface area contributed by atoms with Crippen LogP contribution in [0.5, 0.6) is 0 Å². The maximum Gasteiger partial charge on any atom is 0.0300 e. The van der Waals surface area contributed by atoms with Crippen molar-refractivity contribution in [3.63, 3.8) is 0 Å². The Labute approximate surface area is 99.5 Å². The number of aryl methyl sites for hydroxylation is 1. The fraction of sp³-hybridized carbons (Fsp3) is 0.643. The number of hydrogen-bond donors (Lipinski definition) is 1. The van der Waals surface area contributed by atoms with Crippen LogP contribution in [0.25, 0.3) is 0 Å². The molecule has 1 aromatic heterocycles. The number of hydrogen-bond acceptors (Lipinski definition) is 2. The summed E-state index contributed by atoms with van der Waals surface area (Å²) in [5.74, 6) is 0. The molecule has 0 bridgehead atoms. The zero-order chi connectivity index (χ0) is 11.6. The summed E-state index contributed by atoms with van der Waals surface area (Å²) in [5.41, 5.74) is 2.64. The average molecular weight is 220 g/mol. The lowest BCUT2D eigenvalue weighted by molar-refractivity contribution is 0.583. The van der Waals surface area contributed by atoms with Gasteiger partial charge >= 0.3 is 0 Å². The van der Waals surface area contributed by atoms with Gasteiger partial charge in [-0.15, -0.1) is 0 Å². The topological polar surface area (TPSA) is 24.9 Å². The molecule has 0 saturated heterocycles. The zero-order valence-electron chi connectivity index (χ0n) is 10.6. The Morgan fingerprint density at radius 3 is 2.75 bits per heavy atom. The monoisotopic (exact) mass is 220 g/mol. The molecule has 0 unspecified atom stereocenters. The molecule has 90 valence electrons. The van der Waals surface area contributed by atoms with Crippen molar-refractivity contribution >= 4 is 0 Å². The van der Waals surface area contributed by atoms with E-state index >= 15 is 0 Å². The standard InChI is InChI=1S/C14H24N2/c1-3-4-5-6-7-9-15-12-14-8-10-16-11-13(14)2/h8,10-11,15H,3-7,9,12H2,1-2H3. The number of rotatable bonds is 8. The first-order valence-corrected chi connectivity index (χ1v) is 6.44. The second-order valence-electron chi connectivity index (χ2n) is 4.39. The van der Waals surface area contributed by atoms with Gasteiger partial charge in [-0.3, -0.25) is 4.98 Å². The Morgan fingerprint density at radius 1 is 1.19 bits per heavy atom. The third-order valence-corrected chi connectivity index (χ3v) is 2.91. The van der Waals surface area contributed by atoms with Gasteiger partial charge in [-0.05, 0) is 37.1 Å². The summed E-state index contributed by atoms with van der Waals surface area (Å²) in [7, 11) is 0. The van der Waals surface area contributed by atoms with Crippen LogP contribution in [-0.2, 0) is 6.54 Å². The maximum absolute atomic E-state index is 4.10. The molecule has 1 aromatic rings. The van der Waals surface area contributed by atoms with E-state index in [-0.39, 0.29) is 0 Å². The van der Waals surface area contributed by atoms with Crippen LogP contribution in [0.2, 0.25) is 0 Å². The highest BCUT2D eigenvalue weighted by Crippen LogP contribution is 2.05. The predicted molar refractivity (Wildman–Crippen MR) is 69.4 cm³/mol. The molecule has 0 spiro atoms. The summed E-state index contributed by atoms with van der Waals surface area (Å²) >= 11 is 0. The highest BCUT2D eigenvalue weighted by molar-refractivity contribution is 5.20. The van der Waals surface area contributed by atoms with E-state index in [1.54, 1.807) is 0 Å². The molecule has 0 amide bonds. The lowest BCUT2D eigenvalue weighted by atomic mass is 10.1. The summed E-state index contributed by atoms with van der Waals surface area (Å²) in [4.78, 5) is 4.10. The van der Waals surface area contributed by atoms with Crippen molar-refractivity contribution in [1.29, 1.82) is 0 Å². The Kier molecular flexibility index (Phi) is 6.82. The van der Waals surface area contributed by atoms with E-state index in [1.165, 1.54) is 43.2 Å². The highest BCUT2D eigenvalue weighted by atomic mass is 14.8. The first-order valence-electron chi connectivity index (χ1n) is 6.44. The normalized spacial score (nSPS) is 10.6. The summed E-state index contributed by atoms with van der Waals surface area (Å²) in [6.45, 7) is 6.48. The smallest absolute Gasteiger partial charge is 0.0300 e. The molecular formula is C14H24N2. The molecule has 1 N–H and O–H groups in total. The van der Waals surface area contributed by atoms with Gasteiger partial charge in [0.25, 0.3) is 0 Å². The molecule has 1 rings (SSSR count). The average Bonchev–Trinajstić information content (AvgIpc) is 2.30. The van der Waals surface area contributed by atoms with Crippen LogP contribution in [0.15, 0.2) is 18.5 Å². The second-order valence-corrected chi connectivity index (χ2v) is 4.39. The van der Waals surface area contributed by atoms with Gasteiger partial charge in [0, 0.05) is 18.9 Å². The largest absolute Gasteiger partial charge is 0.313 e. The molecule has 0 saturated carbocycles. The molecule has 0 aliphatic rings. The maximum atomic E-state index is 4.10. The number of nitrogens with zero attached hydrogens (tertiary/aromatic N) is 1. The number of pyridine rings is 1. The molecule has 2 heteroatoms. The van der Waals surface area contributed by atoms with Crippen molar-refractivity contribution in [3.8, 4) is 0 Å². The first kappa shape index (κ1) is 13.2. The fourth-order valence-electron chi connectivity index (χ4n) is 1.78. The van der Waals surface area contributed by atoms with Crippen LogP contribution in [0.1, 0.15) is 50.2 Å². The van der Waals surface area contributed by atoms with Crippen LogP contribution in [0.3, 0.4) is 0 Å². The predicted octanol–water partition coefficient (Wildman–Crippen LogP) is 3.45. The summed E-state index contributed by atoms with van der Waals surface area (Å²) < 4.78 is 0. The van der Waals surface area contributed by atoms with E-state index in [0.717, 1.165) is 13.1 Å². The molecular weight excluding hydrogens is 196 g/mol. The van der Waals surface area contributed by atoms with Gasteiger partial charge in [-0.2, -0.15) is 0 Å². The van der Waals surface area contributed by atoms with Crippen LogP contribution >= 0.6 is 0 Å². The van der Waals surface area contributed by atoms with E-state index in [1.807, 2.05) is 12.4 Å². The van der Waals surface area contributed by atoms with Gasteiger partial charge in [-0.1, -0.05) is 32.6 Å². The minimum atomic E-state index is 0.974. The molecule has 0 aliphatic heterocycles. The quantitative estimate of drug-likeness (QED) is 0.679. The van der Waals surface area contributed by atoms with Gasteiger partial charge < -0.3 is 5.32 Å². The molecule has 0 radical (unpaired) electrons. The third-order valence-electron chi connectivity index (χ3n) is 2.91. The second kappa shape index (κ2) is 8.28. The number of unbranched alkanes of at least 4 members (excludes halogenated alkanes) is 4. The van der Waals surface area contributed by atoms with E-state index in [9.17, 15) is 0 Å². The molecule has 0 aliphatic carbocycles. The number of nitrogens with one attached hydrogen (secondary N) is 1. The summed E-state index contributed by atoms with van der Waals surface area (Å²) in [5, 5.41) is 3.49. The van der Waals surface area contributed by atoms with E-state index < -0.39 is 0 Å². The summed E-state index contributed by atoms with van der Waals surface area (Å²) in [6, 6.07) is 2.10. The van der Waals surface area contributed by atoms with Crippen molar-refractivity contribution < 1.29 is 0 Å². The molecule has 16 heavy (non-hydrogen) atoms. The van der Waals surface area contributed by atoms with Crippen molar-refractivity contribution in [3.05, 3.63) is 29.6 Å². The zero-order valence-corrected chi connectivity index (χ0v) is 10.6. The van der Waals surface area contributed by atoms with Gasteiger partial charge in [0.05, 0.1) is 0 Å². The minimum absolute atomic E-state index is 0.974. The molecule has 0 atom stereocenters. The minimum Gasteiger partial charge on any atom is -0.313 e. The Balaban J connectivity index is 2.05. The van der Waals surface area contributed by atoms with Gasteiger partial charge in [0.2, 0.25) is 0 Å². The fourth-order valence-corrected chi connectivity index (χ4v) is 1.78. The van der Waals surface area contributed by atoms with E-state index in [2.05, 4.69) is 30.2 Å². The van der Waals surface area contributed by atoms with Crippen LogP contribution in [0, 0.1) is 6.92 Å². The van der Waals surface area contributed by atoms with Crippen molar-refractivity contribution in [2.24, 2.45) is 0 Å².